The summed E-state index contributed by atoms with van der Waals surface area (Å²) in [6.45, 7) is 6.42. The van der Waals surface area contributed by atoms with Crippen LogP contribution >= 0.6 is 23.2 Å². The van der Waals surface area contributed by atoms with Crippen LogP contribution in [0.3, 0.4) is 0 Å². The van der Waals surface area contributed by atoms with Crippen molar-refractivity contribution in [2.45, 2.75) is 32.9 Å². The standard InChI is InChI=1S/C15H23Cl2NO3/c1-3-5-18-8-11-6-12(16)7-14(17)15(11)21-10-13(19)9-20-4-2/h6-7,13,18-19H,3-5,8-10H2,1-2H3. The topological polar surface area (TPSA) is 50.7 Å². The van der Waals surface area contributed by atoms with Gasteiger partial charge in [-0.2, -0.15) is 0 Å². The van der Waals surface area contributed by atoms with E-state index in [0.29, 0.717) is 28.9 Å². The second-order valence-corrected chi connectivity index (χ2v) is 5.52. The minimum atomic E-state index is -0.687. The highest BCUT2D eigenvalue weighted by atomic mass is 35.5. The van der Waals surface area contributed by atoms with Gasteiger partial charge in [-0.15, -0.1) is 0 Å². The SMILES string of the molecule is CCCNCc1cc(Cl)cc(Cl)c1OCC(O)COCC. The lowest BCUT2D eigenvalue weighted by Gasteiger charge is -2.17. The molecule has 0 aliphatic carbocycles. The number of ether oxygens (including phenoxy) is 2. The van der Waals surface area contributed by atoms with Gasteiger partial charge in [0.2, 0.25) is 0 Å². The van der Waals surface area contributed by atoms with Crippen molar-refractivity contribution in [3.8, 4) is 5.75 Å². The normalized spacial score (nSPS) is 12.4. The van der Waals surface area contributed by atoms with Gasteiger partial charge in [0.25, 0.3) is 0 Å². The van der Waals surface area contributed by atoms with Crippen molar-refractivity contribution in [1.29, 1.82) is 0 Å². The molecule has 6 heteroatoms. The summed E-state index contributed by atoms with van der Waals surface area (Å²) in [7, 11) is 0. The summed E-state index contributed by atoms with van der Waals surface area (Å²) in [6.07, 6.45) is 0.352. The molecule has 1 unspecified atom stereocenters. The molecule has 1 aromatic carbocycles. The molecule has 4 nitrogen and oxygen atoms in total. The Kier molecular flexibility index (Phi) is 9.04. The monoisotopic (exact) mass is 335 g/mol. The molecule has 21 heavy (non-hydrogen) atoms. The highest BCUT2D eigenvalue weighted by Crippen LogP contribution is 2.32. The molecule has 0 aromatic heterocycles. The first-order valence-electron chi connectivity index (χ1n) is 7.15. The molecule has 1 rings (SSSR count). The molecule has 0 saturated heterocycles. The highest BCUT2D eigenvalue weighted by molar-refractivity contribution is 6.35. The fraction of sp³-hybridized carbons (Fsp3) is 0.600. The lowest BCUT2D eigenvalue weighted by atomic mass is 10.2. The number of aliphatic hydroxyl groups excluding tert-OH is 1. The maximum atomic E-state index is 9.76. The average molecular weight is 336 g/mol. The molecule has 0 heterocycles. The fourth-order valence-electron chi connectivity index (χ4n) is 1.79. The van der Waals surface area contributed by atoms with E-state index in [-0.39, 0.29) is 13.2 Å². The van der Waals surface area contributed by atoms with Crippen LogP contribution in [0, 0.1) is 0 Å². The lowest BCUT2D eigenvalue weighted by molar-refractivity contribution is 0.0162. The second-order valence-electron chi connectivity index (χ2n) is 4.68. The Hall–Kier alpha value is -0.520. The molecule has 1 aromatic rings. The maximum absolute atomic E-state index is 9.76. The summed E-state index contributed by atoms with van der Waals surface area (Å²) in [5, 5.41) is 14.1. The number of benzene rings is 1. The van der Waals surface area contributed by atoms with Crippen LogP contribution in [-0.2, 0) is 11.3 Å². The molecule has 0 spiro atoms. The molecule has 120 valence electrons. The lowest BCUT2D eigenvalue weighted by Crippen LogP contribution is -2.24. The third-order valence-electron chi connectivity index (χ3n) is 2.76. The van der Waals surface area contributed by atoms with Gasteiger partial charge >= 0.3 is 0 Å². The van der Waals surface area contributed by atoms with Gasteiger partial charge in [-0.3, -0.25) is 0 Å². The zero-order valence-corrected chi connectivity index (χ0v) is 14.0. The molecular weight excluding hydrogens is 313 g/mol. The zero-order valence-electron chi connectivity index (χ0n) is 12.5. The Bertz CT molecular complexity index is 430. The number of rotatable bonds is 10. The van der Waals surface area contributed by atoms with Gasteiger partial charge in [0.05, 0.1) is 11.6 Å². The maximum Gasteiger partial charge on any atom is 0.142 e. The number of hydrogen-bond acceptors (Lipinski definition) is 4. The Morgan fingerprint density at radius 1 is 1.24 bits per heavy atom. The molecule has 0 amide bonds. The van der Waals surface area contributed by atoms with Crippen molar-refractivity contribution in [3.05, 3.63) is 27.7 Å². The summed E-state index contributed by atoms with van der Waals surface area (Å²) >= 11 is 12.2. The van der Waals surface area contributed by atoms with Crippen molar-refractivity contribution in [1.82, 2.24) is 5.32 Å². The van der Waals surface area contributed by atoms with E-state index < -0.39 is 6.10 Å². The van der Waals surface area contributed by atoms with E-state index in [0.717, 1.165) is 18.5 Å². The predicted molar refractivity (Wildman–Crippen MR) is 86.5 cm³/mol. The van der Waals surface area contributed by atoms with Crippen molar-refractivity contribution in [2.75, 3.05) is 26.4 Å². The fourth-order valence-corrected chi connectivity index (χ4v) is 2.38. The van der Waals surface area contributed by atoms with Crippen LogP contribution in [0.2, 0.25) is 10.0 Å². The number of aliphatic hydroxyl groups is 1. The summed E-state index contributed by atoms with van der Waals surface area (Å²) in [5.41, 5.74) is 0.879. The molecule has 0 radical (unpaired) electrons. The first-order chi connectivity index (χ1) is 10.1. The zero-order chi connectivity index (χ0) is 15.7. The molecule has 0 aliphatic heterocycles. The van der Waals surface area contributed by atoms with Crippen LogP contribution in [0.5, 0.6) is 5.75 Å². The van der Waals surface area contributed by atoms with Crippen molar-refractivity contribution < 1.29 is 14.6 Å². The Morgan fingerprint density at radius 2 is 2.00 bits per heavy atom. The first kappa shape index (κ1) is 18.5. The van der Waals surface area contributed by atoms with Crippen LogP contribution in [0.15, 0.2) is 12.1 Å². The van der Waals surface area contributed by atoms with Gasteiger partial charge in [-0.05, 0) is 32.0 Å². The molecule has 0 aliphatic rings. The summed E-state index contributed by atoms with van der Waals surface area (Å²) in [5.74, 6) is 0.556. The summed E-state index contributed by atoms with van der Waals surface area (Å²) in [6, 6.07) is 3.46. The number of halogens is 2. The molecule has 0 saturated carbocycles. The van der Waals surface area contributed by atoms with Crippen molar-refractivity contribution in [3.63, 3.8) is 0 Å². The van der Waals surface area contributed by atoms with Crippen molar-refractivity contribution in [2.24, 2.45) is 0 Å². The van der Waals surface area contributed by atoms with E-state index in [1.807, 2.05) is 13.0 Å². The van der Waals surface area contributed by atoms with Gasteiger partial charge in [0, 0.05) is 23.7 Å². The highest BCUT2D eigenvalue weighted by Gasteiger charge is 2.13. The minimum absolute atomic E-state index is 0.127. The van der Waals surface area contributed by atoms with E-state index in [1.54, 1.807) is 6.07 Å². The van der Waals surface area contributed by atoms with Crippen LogP contribution < -0.4 is 10.1 Å². The van der Waals surface area contributed by atoms with Gasteiger partial charge in [-0.25, -0.2) is 0 Å². The molecular formula is C15H23Cl2NO3. The Labute approximate surface area is 136 Å². The number of nitrogens with one attached hydrogen (secondary N) is 1. The van der Waals surface area contributed by atoms with Crippen LogP contribution in [-0.4, -0.2) is 37.6 Å². The van der Waals surface area contributed by atoms with Crippen molar-refractivity contribution >= 4 is 23.2 Å². The average Bonchev–Trinajstić information content (AvgIpc) is 2.44. The van der Waals surface area contributed by atoms with E-state index >= 15 is 0 Å². The van der Waals surface area contributed by atoms with E-state index in [2.05, 4.69) is 12.2 Å². The van der Waals surface area contributed by atoms with Gasteiger partial charge in [0.1, 0.15) is 18.5 Å². The molecule has 0 bridgehead atoms. The van der Waals surface area contributed by atoms with Gasteiger partial charge in [-0.1, -0.05) is 30.1 Å². The van der Waals surface area contributed by atoms with Crippen LogP contribution in [0.25, 0.3) is 0 Å². The Morgan fingerprint density at radius 3 is 2.67 bits per heavy atom. The number of hydrogen-bond donors (Lipinski definition) is 2. The smallest absolute Gasteiger partial charge is 0.142 e. The van der Waals surface area contributed by atoms with E-state index in [9.17, 15) is 5.11 Å². The predicted octanol–water partition coefficient (Wildman–Crippen LogP) is 3.27. The largest absolute Gasteiger partial charge is 0.489 e. The van der Waals surface area contributed by atoms with E-state index in [1.165, 1.54) is 0 Å². The first-order valence-corrected chi connectivity index (χ1v) is 7.91. The Balaban J connectivity index is 2.69. The van der Waals surface area contributed by atoms with Gasteiger partial charge < -0.3 is 19.9 Å². The molecule has 1 atom stereocenters. The summed E-state index contributed by atoms with van der Waals surface area (Å²) < 4.78 is 10.8. The van der Waals surface area contributed by atoms with E-state index in [4.69, 9.17) is 32.7 Å². The minimum Gasteiger partial charge on any atom is -0.489 e. The van der Waals surface area contributed by atoms with Crippen LogP contribution in [0.1, 0.15) is 25.8 Å². The third kappa shape index (κ3) is 6.85. The molecule has 0 fully saturated rings. The molecule has 2 N–H and O–H groups in total. The third-order valence-corrected chi connectivity index (χ3v) is 3.26. The van der Waals surface area contributed by atoms with Crippen LogP contribution in [0.4, 0.5) is 0 Å². The second kappa shape index (κ2) is 10.2. The van der Waals surface area contributed by atoms with Gasteiger partial charge in [0.15, 0.2) is 0 Å². The quantitative estimate of drug-likeness (QED) is 0.644. The summed E-state index contributed by atoms with van der Waals surface area (Å²) in [4.78, 5) is 0.